The van der Waals surface area contributed by atoms with Gasteiger partial charge in [-0.15, -0.1) is 17.8 Å². The molecule has 3 rings (SSSR count). The van der Waals surface area contributed by atoms with Crippen LogP contribution in [0.3, 0.4) is 0 Å². The third-order valence-corrected chi connectivity index (χ3v) is 5.29. The van der Waals surface area contributed by atoms with Gasteiger partial charge in [0.1, 0.15) is 0 Å². The second-order valence-corrected chi connectivity index (χ2v) is 7.46. The van der Waals surface area contributed by atoms with Gasteiger partial charge in [-0.2, -0.15) is 0 Å². The molecular weight excluding hydrogens is 544 g/mol. The average molecular weight is 572 g/mol. The van der Waals surface area contributed by atoms with Gasteiger partial charge in [0.25, 0.3) is 0 Å². The molecule has 0 bridgehead atoms. The average Bonchev–Trinajstić information content (AvgIpc) is 2.19. The molecule has 0 N–H and O–H groups in total. The third-order valence-electron chi connectivity index (χ3n) is 5.29. The van der Waals surface area contributed by atoms with Crippen LogP contribution in [0.1, 0.15) is 40.0 Å². The second-order valence-electron chi connectivity index (χ2n) is 7.46. The molecule has 0 saturated carbocycles. The van der Waals surface area contributed by atoms with E-state index in [9.17, 15) is 0 Å². The minimum atomic E-state index is 0. The van der Waals surface area contributed by atoms with E-state index < -0.39 is 0 Å². The van der Waals surface area contributed by atoms with E-state index in [1.807, 2.05) is 0 Å². The standard InChI is InChI=1S/C19H28N3.3Zr/c1-10(2)13-7-16(20-13)19(17-8-14(21-17)11(3)4)18-9-15(22-18)12(5)6;;;/h10-12,16-19H,1,3,5,7-9H2,2,4,6H3;;;/q-3;;;. The summed E-state index contributed by atoms with van der Waals surface area (Å²) < 4.78 is 0. The zero-order valence-corrected chi connectivity index (χ0v) is 23.0. The molecule has 6 unspecified atom stereocenters. The third kappa shape index (κ3) is 5.82. The van der Waals surface area contributed by atoms with Crippen LogP contribution in [0.2, 0.25) is 0 Å². The molecule has 134 valence electrons. The van der Waals surface area contributed by atoms with Gasteiger partial charge in [0.05, 0.1) is 18.1 Å². The Morgan fingerprint density at radius 3 is 1.00 bits per heavy atom. The number of aliphatic imine (C=N–C) groups is 3. The van der Waals surface area contributed by atoms with Crippen molar-refractivity contribution in [3.05, 3.63) is 20.8 Å². The van der Waals surface area contributed by atoms with Crippen molar-refractivity contribution in [3.63, 3.8) is 0 Å². The summed E-state index contributed by atoms with van der Waals surface area (Å²) in [6.45, 7) is 18.6. The smallest absolute Gasteiger partial charge is 0.0618 e. The van der Waals surface area contributed by atoms with Crippen molar-refractivity contribution in [2.75, 3.05) is 0 Å². The van der Waals surface area contributed by atoms with Crippen LogP contribution in [0, 0.1) is 44.4 Å². The van der Waals surface area contributed by atoms with Gasteiger partial charge in [-0.25, -0.2) is 0 Å². The predicted octanol–water partition coefficient (Wildman–Crippen LogP) is 3.65. The van der Waals surface area contributed by atoms with Gasteiger partial charge in [0.15, 0.2) is 0 Å². The quantitative estimate of drug-likeness (QED) is 0.437. The van der Waals surface area contributed by atoms with Crippen LogP contribution in [-0.2, 0) is 78.6 Å². The Morgan fingerprint density at radius 1 is 0.640 bits per heavy atom. The zero-order chi connectivity index (χ0) is 16.0. The molecule has 0 aromatic rings. The first-order valence-electron chi connectivity index (χ1n) is 8.55. The van der Waals surface area contributed by atoms with Gasteiger partial charge in [0, 0.05) is 104 Å². The van der Waals surface area contributed by atoms with Crippen LogP contribution in [0.4, 0.5) is 0 Å². The van der Waals surface area contributed by atoms with Crippen molar-refractivity contribution in [1.82, 2.24) is 0 Å². The van der Waals surface area contributed by atoms with E-state index in [4.69, 9.17) is 15.0 Å². The summed E-state index contributed by atoms with van der Waals surface area (Å²) in [7, 11) is 0. The van der Waals surface area contributed by atoms with E-state index in [0.29, 0.717) is 41.8 Å². The minimum absolute atomic E-state index is 0. The van der Waals surface area contributed by atoms with Crippen molar-refractivity contribution in [3.8, 4) is 0 Å². The molecule has 0 amide bonds. The molecule has 0 aromatic carbocycles. The Bertz CT molecular complexity index is 462. The summed E-state index contributed by atoms with van der Waals surface area (Å²) in [5.74, 6) is 1.46. The summed E-state index contributed by atoms with van der Waals surface area (Å²) in [6.07, 6.45) is 3.24. The number of nitrogens with zero attached hydrogens (tertiary/aromatic N) is 3. The van der Waals surface area contributed by atoms with Gasteiger partial charge in [-0.05, 0) is 17.1 Å². The summed E-state index contributed by atoms with van der Waals surface area (Å²) in [4.78, 5) is 14.6. The predicted molar refractivity (Wildman–Crippen MR) is 94.6 cm³/mol. The maximum Gasteiger partial charge on any atom is 0.0618 e. The Hall–Kier alpha value is 1.66. The maximum absolute atomic E-state index is 4.85. The van der Waals surface area contributed by atoms with Crippen LogP contribution in [0.15, 0.2) is 15.0 Å². The molecule has 0 spiro atoms. The van der Waals surface area contributed by atoms with E-state index >= 15 is 0 Å². The van der Waals surface area contributed by atoms with E-state index in [1.165, 1.54) is 17.1 Å². The first-order chi connectivity index (χ1) is 10.4. The van der Waals surface area contributed by atoms with Crippen LogP contribution < -0.4 is 0 Å². The Morgan fingerprint density at radius 2 is 0.840 bits per heavy atom. The van der Waals surface area contributed by atoms with Gasteiger partial charge in [0.2, 0.25) is 0 Å². The van der Waals surface area contributed by atoms with Gasteiger partial charge in [-0.1, -0.05) is 20.8 Å². The molecular formula is C19H28N3Zr3-3. The summed E-state index contributed by atoms with van der Waals surface area (Å²) in [5, 5.41) is 0. The van der Waals surface area contributed by atoms with Crippen molar-refractivity contribution in [2.24, 2.45) is 38.6 Å². The normalized spacial score (nSPS) is 31.4. The molecule has 3 heterocycles. The van der Waals surface area contributed by atoms with Crippen molar-refractivity contribution < 1.29 is 78.6 Å². The summed E-state index contributed by atoms with van der Waals surface area (Å²) in [5.41, 5.74) is 3.79. The molecule has 6 heteroatoms. The molecule has 0 aliphatic carbocycles. The minimum Gasteiger partial charge on any atom is -0.335 e. The molecule has 0 aromatic heterocycles. The Balaban J connectivity index is 0.00000192. The first-order valence-corrected chi connectivity index (χ1v) is 8.55. The summed E-state index contributed by atoms with van der Waals surface area (Å²) in [6, 6.07) is 1.18. The monoisotopic (exact) mass is 568 g/mol. The van der Waals surface area contributed by atoms with Crippen LogP contribution in [-0.4, -0.2) is 35.3 Å². The molecule has 3 aliphatic rings. The molecule has 6 atom stereocenters. The van der Waals surface area contributed by atoms with Gasteiger partial charge >= 0.3 is 0 Å². The maximum atomic E-state index is 4.85. The number of hydrogen-bond donors (Lipinski definition) is 0. The Kier molecular flexibility index (Phi) is 11.7. The van der Waals surface area contributed by atoms with Gasteiger partial charge in [-0.3, -0.25) is 15.0 Å². The number of hydrogen-bond acceptors (Lipinski definition) is 3. The molecule has 25 heavy (non-hydrogen) atoms. The van der Waals surface area contributed by atoms with Crippen molar-refractivity contribution >= 4 is 17.1 Å². The van der Waals surface area contributed by atoms with Gasteiger partial charge < -0.3 is 20.8 Å². The first kappa shape index (κ1) is 26.7. The fraction of sp³-hybridized carbons (Fsp3) is 0.684. The van der Waals surface area contributed by atoms with E-state index in [0.717, 1.165) is 19.3 Å². The van der Waals surface area contributed by atoms with E-state index in [1.54, 1.807) is 0 Å². The molecule has 3 nitrogen and oxygen atoms in total. The second kappa shape index (κ2) is 11.0. The Labute approximate surface area is 211 Å². The van der Waals surface area contributed by atoms with E-state index in [-0.39, 0.29) is 78.6 Å². The topological polar surface area (TPSA) is 37.1 Å². The largest absolute Gasteiger partial charge is 0.335 e. The fourth-order valence-corrected chi connectivity index (χ4v) is 3.66. The fourth-order valence-electron chi connectivity index (χ4n) is 3.66. The van der Waals surface area contributed by atoms with Crippen LogP contribution in [0.5, 0.6) is 0 Å². The summed E-state index contributed by atoms with van der Waals surface area (Å²) >= 11 is 0. The van der Waals surface area contributed by atoms with Crippen molar-refractivity contribution in [2.45, 2.75) is 58.2 Å². The molecule has 0 saturated heterocycles. The van der Waals surface area contributed by atoms with E-state index in [2.05, 4.69) is 41.5 Å². The molecule has 0 fully saturated rings. The van der Waals surface area contributed by atoms with Crippen LogP contribution >= 0.6 is 0 Å². The number of rotatable bonds is 6. The SMILES string of the molecule is [CH2-]C(C)C1=NC(C(C2CC(C([CH2-])C)=N2)C2CC(C([CH2-])C)=N2)C1.[Zr].[Zr].[Zr]. The van der Waals surface area contributed by atoms with Crippen LogP contribution in [0.25, 0.3) is 0 Å². The molecule has 3 aliphatic heterocycles. The zero-order valence-electron chi connectivity index (χ0n) is 15.6. The molecule has 0 radical (unpaired) electrons. The van der Waals surface area contributed by atoms with Crippen molar-refractivity contribution in [1.29, 1.82) is 0 Å².